The number of anilines is 4. The Bertz CT molecular complexity index is 1280. The highest BCUT2D eigenvalue weighted by Crippen LogP contribution is 2.39. The van der Waals surface area contributed by atoms with E-state index in [1.165, 1.54) is 6.07 Å². The number of pyridine rings is 1. The molecule has 0 saturated carbocycles. The van der Waals surface area contributed by atoms with Gasteiger partial charge in [0.25, 0.3) is 11.8 Å². The van der Waals surface area contributed by atoms with E-state index in [4.69, 9.17) is 5.11 Å². The summed E-state index contributed by atoms with van der Waals surface area (Å²) in [7, 11) is -3.73. The van der Waals surface area contributed by atoms with Crippen molar-refractivity contribution < 1.29 is 27.1 Å². The molecule has 206 valence electrons. The summed E-state index contributed by atoms with van der Waals surface area (Å²) in [6.07, 6.45) is 3.79. The topological polar surface area (TPSA) is 115 Å². The van der Waals surface area contributed by atoms with Crippen molar-refractivity contribution in [3.63, 3.8) is 0 Å². The molecule has 9 nitrogen and oxygen atoms in total. The zero-order valence-electron chi connectivity index (χ0n) is 21.1. The lowest BCUT2D eigenvalue weighted by atomic mass is 9.88. The van der Waals surface area contributed by atoms with Gasteiger partial charge < -0.3 is 20.2 Å². The van der Waals surface area contributed by atoms with Gasteiger partial charge in [0.05, 0.1) is 35.8 Å². The van der Waals surface area contributed by atoms with E-state index in [2.05, 4.69) is 19.9 Å². The maximum Gasteiger partial charge on any atom is 0.269 e. The number of aliphatic hydroxyl groups excluding tert-OH is 1. The van der Waals surface area contributed by atoms with Gasteiger partial charge in [-0.15, -0.1) is 0 Å². The molecule has 1 aromatic carbocycles. The van der Waals surface area contributed by atoms with Crippen LogP contribution in [0.5, 0.6) is 0 Å². The highest BCUT2D eigenvalue weighted by Gasteiger charge is 2.48. The maximum absolute atomic E-state index is 14.8. The average Bonchev–Trinajstić information content (AvgIpc) is 3.18. The van der Waals surface area contributed by atoms with Crippen molar-refractivity contribution in [3.8, 4) is 0 Å². The van der Waals surface area contributed by atoms with Crippen molar-refractivity contribution in [2.24, 2.45) is 11.8 Å². The maximum atomic E-state index is 14.8. The number of carbonyl (C=O) groups excluding carboxylic acids is 1. The van der Waals surface area contributed by atoms with Crippen LogP contribution in [-0.2, 0) is 10.0 Å². The minimum Gasteiger partial charge on any atom is -0.395 e. The van der Waals surface area contributed by atoms with Crippen LogP contribution in [0.25, 0.3) is 0 Å². The van der Waals surface area contributed by atoms with Crippen molar-refractivity contribution in [1.82, 2.24) is 4.98 Å². The molecule has 12 heteroatoms. The second-order valence-electron chi connectivity index (χ2n) is 10.4. The van der Waals surface area contributed by atoms with Crippen LogP contribution in [0.2, 0.25) is 0 Å². The average molecular weight is 550 g/mol. The van der Waals surface area contributed by atoms with Crippen molar-refractivity contribution in [2.75, 3.05) is 58.4 Å². The summed E-state index contributed by atoms with van der Waals surface area (Å²) in [4.78, 5) is 21.5. The number of hydrogen-bond acceptors (Lipinski definition) is 7. The van der Waals surface area contributed by atoms with Crippen molar-refractivity contribution in [2.45, 2.75) is 38.0 Å². The standard InChI is InChI=1S/C26H33F2N5O4S/c27-26(28)17-33-16-19(26)4-1-3-18-9-11-32(12-10-18)22-15-20(31-38(36,37)14-13-34)7-8-21(22)25(35)30-23-5-2-6-24(33)29-23/h2,5-8,15,18-19,31,34H,1,3-4,9-14,16-17H2,(H,29,30,35). The fraction of sp³-hybridized carbons (Fsp3) is 0.538. The normalized spacial score (nSPS) is 23.5. The zero-order valence-corrected chi connectivity index (χ0v) is 21.9. The molecule has 0 radical (unpaired) electrons. The largest absolute Gasteiger partial charge is 0.395 e. The highest BCUT2D eigenvalue weighted by molar-refractivity contribution is 7.92. The summed E-state index contributed by atoms with van der Waals surface area (Å²) >= 11 is 0. The Labute approximate surface area is 221 Å². The summed E-state index contributed by atoms with van der Waals surface area (Å²) in [5.41, 5.74) is 1.27. The van der Waals surface area contributed by atoms with Gasteiger partial charge in [0.1, 0.15) is 11.6 Å². The van der Waals surface area contributed by atoms with Crippen LogP contribution in [0.3, 0.4) is 0 Å². The minimum atomic E-state index is -3.73. The van der Waals surface area contributed by atoms with E-state index < -0.39 is 46.7 Å². The van der Waals surface area contributed by atoms with Crippen LogP contribution in [0.4, 0.5) is 31.8 Å². The molecule has 0 spiro atoms. The second-order valence-corrected chi connectivity index (χ2v) is 12.3. The lowest BCUT2D eigenvalue weighted by molar-refractivity contribution is -0.0245. The summed E-state index contributed by atoms with van der Waals surface area (Å²) in [5.74, 6) is -3.31. The first-order chi connectivity index (χ1) is 18.1. The van der Waals surface area contributed by atoms with Crippen molar-refractivity contribution in [1.29, 1.82) is 0 Å². The molecule has 1 atom stereocenters. The third kappa shape index (κ3) is 5.85. The number of aromatic nitrogens is 1. The van der Waals surface area contributed by atoms with E-state index in [1.807, 2.05) is 0 Å². The summed E-state index contributed by atoms with van der Waals surface area (Å²) in [6.45, 7) is 0.668. The van der Waals surface area contributed by atoms with Crippen LogP contribution in [0, 0.1) is 11.8 Å². The second kappa shape index (κ2) is 10.6. The summed E-state index contributed by atoms with van der Waals surface area (Å²) in [5, 5.41) is 11.9. The first-order valence-electron chi connectivity index (χ1n) is 13.0. The fourth-order valence-electron chi connectivity index (χ4n) is 5.69. The van der Waals surface area contributed by atoms with Gasteiger partial charge in [-0.3, -0.25) is 9.52 Å². The quantitative estimate of drug-likeness (QED) is 0.535. The summed E-state index contributed by atoms with van der Waals surface area (Å²) in [6, 6.07) is 9.70. The highest BCUT2D eigenvalue weighted by atomic mass is 32.2. The number of rotatable bonds is 4. The van der Waals surface area contributed by atoms with Gasteiger partial charge >= 0.3 is 0 Å². The van der Waals surface area contributed by atoms with Gasteiger partial charge in [0, 0.05) is 25.6 Å². The van der Waals surface area contributed by atoms with E-state index in [0.717, 1.165) is 25.7 Å². The number of fused-ring (bicyclic) bond motifs is 5. The Kier molecular flexibility index (Phi) is 7.45. The first-order valence-corrected chi connectivity index (χ1v) is 14.7. The molecule has 6 bridgehead atoms. The first kappa shape index (κ1) is 26.6. The SMILES string of the molecule is O=C1Nc2cccc(n2)N2CC(CCCC3CCN(CC3)c3cc(NS(=O)(=O)CCO)ccc31)C(F)(F)C2. The number of carbonyl (C=O) groups is 1. The molecule has 0 aliphatic carbocycles. The van der Waals surface area contributed by atoms with E-state index in [0.29, 0.717) is 48.2 Å². The predicted molar refractivity (Wildman–Crippen MR) is 143 cm³/mol. The third-order valence-corrected chi connectivity index (χ3v) is 9.00. The molecule has 1 unspecified atom stereocenters. The molecule has 1 aromatic heterocycles. The van der Waals surface area contributed by atoms with E-state index in [-0.39, 0.29) is 12.4 Å². The Morgan fingerprint density at radius 3 is 2.66 bits per heavy atom. The van der Waals surface area contributed by atoms with Crippen LogP contribution < -0.4 is 19.8 Å². The molecular weight excluding hydrogens is 516 g/mol. The van der Waals surface area contributed by atoms with Crippen LogP contribution in [0.1, 0.15) is 42.5 Å². The number of nitrogens with one attached hydrogen (secondary N) is 2. The molecule has 2 fully saturated rings. The number of hydrogen-bond donors (Lipinski definition) is 3. The zero-order chi connectivity index (χ0) is 26.9. The molecule has 4 aliphatic rings. The van der Waals surface area contributed by atoms with E-state index in [9.17, 15) is 22.0 Å². The van der Waals surface area contributed by atoms with Crippen LogP contribution >= 0.6 is 0 Å². The fourth-order valence-corrected chi connectivity index (χ4v) is 6.52. The van der Waals surface area contributed by atoms with Crippen LogP contribution in [0.15, 0.2) is 36.4 Å². The van der Waals surface area contributed by atoms with Crippen LogP contribution in [-0.4, -0.2) is 68.9 Å². The number of sulfonamides is 1. The number of amides is 1. The molecule has 38 heavy (non-hydrogen) atoms. The van der Waals surface area contributed by atoms with Gasteiger partial charge in [-0.05, 0) is 55.5 Å². The Hall–Kier alpha value is -2.99. The van der Waals surface area contributed by atoms with Gasteiger partial charge in [-0.1, -0.05) is 18.9 Å². The molecule has 3 N–H and O–H groups in total. The van der Waals surface area contributed by atoms with Gasteiger partial charge in [-0.25, -0.2) is 22.2 Å². The molecule has 5 heterocycles. The van der Waals surface area contributed by atoms with E-state index >= 15 is 0 Å². The third-order valence-electron chi connectivity index (χ3n) is 7.74. The number of halogens is 2. The van der Waals surface area contributed by atoms with Crippen molar-refractivity contribution in [3.05, 3.63) is 42.0 Å². The number of benzene rings is 1. The lowest BCUT2D eigenvalue weighted by Gasteiger charge is -2.35. The molecule has 6 rings (SSSR count). The van der Waals surface area contributed by atoms with Gasteiger partial charge in [0.15, 0.2) is 0 Å². The minimum absolute atomic E-state index is 0.230. The number of alkyl halides is 2. The predicted octanol–water partition coefficient (Wildman–Crippen LogP) is 3.54. The summed E-state index contributed by atoms with van der Waals surface area (Å²) < 4.78 is 56.6. The molecule has 1 amide bonds. The molecule has 4 aliphatic heterocycles. The van der Waals surface area contributed by atoms with Gasteiger partial charge in [0.2, 0.25) is 10.0 Å². The smallest absolute Gasteiger partial charge is 0.269 e. The number of aliphatic hydroxyl groups is 1. The Morgan fingerprint density at radius 1 is 1.11 bits per heavy atom. The lowest BCUT2D eigenvalue weighted by Crippen LogP contribution is -2.35. The van der Waals surface area contributed by atoms with Crippen molar-refractivity contribution >= 4 is 38.9 Å². The Morgan fingerprint density at radius 2 is 1.89 bits per heavy atom. The molecule has 2 aromatic rings. The monoisotopic (exact) mass is 549 g/mol. The molecular formula is C26H33F2N5O4S. The van der Waals surface area contributed by atoms with E-state index in [1.54, 1.807) is 35.2 Å². The Balaban J connectivity index is 1.48. The number of piperidine rings is 1. The van der Waals surface area contributed by atoms with Gasteiger partial charge in [-0.2, -0.15) is 0 Å². The number of nitrogens with zero attached hydrogens (tertiary/aromatic N) is 3. The molecule has 2 saturated heterocycles.